The van der Waals surface area contributed by atoms with E-state index in [2.05, 4.69) is 0 Å². The molecule has 0 aliphatic carbocycles. The molecule has 1 aromatic rings. The predicted octanol–water partition coefficient (Wildman–Crippen LogP) is 2.21. The number of benzene rings is 1. The number of ether oxygens (including phenoxy) is 1. The van der Waals surface area contributed by atoms with Gasteiger partial charge in [-0.05, 0) is 24.6 Å². The van der Waals surface area contributed by atoms with Gasteiger partial charge < -0.3 is 10.5 Å². The van der Waals surface area contributed by atoms with Gasteiger partial charge in [0.25, 0.3) is 0 Å². The Hall–Kier alpha value is -0.740. The van der Waals surface area contributed by atoms with Crippen molar-refractivity contribution in [1.29, 1.82) is 0 Å². The summed E-state index contributed by atoms with van der Waals surface area (Å²) in [4.78, 5) is 0.956. The first kappa shape index (κ1) is 9.80. The Morgan fingerprint density at radius 3 is 2.79 bits per heavy atom. The zero-order chi connectivity index (χ0) is 10.1. The first-order valence-corrected chi connectivity index (χ1v) is 5.35. The Morgan fingerprint density at radius 1 is 1.50 bits per heavy atom. The third-order valence-electron chi connectivity index (χ3n) is 2.19. The van der Waals surface area contributed by atoms with Crippen molar-refractivity contribution in [2.45, 2.75) is 17.1 Å². The van der Waals surface area contributed by atoms with Gasteiger partial charge in [-0.3, -0.25) is 0 Å². The minimum absolute atomic E-state index is 0.239. The molecule has 0 bridgehead atoms. The molecule has 0 aromatic heterocycles. The van der Waals surface area contributed by atoms with Crippen LogP contribution in [-0.2, 0) is 4.74 Å². The van der Waals surface area contributed by atoms with E-state index in [0.29, 0.717) is 16.5 Å². The molecule has 1 saturated heterocycles. The van der Waals surface area contributed by atoms with E-state index in [9.17, 15) is 4.39 Å². The monoisotopic (exact) mass is 213 g/mol. The highest BCUT2D eigenvalue weighted by Crippen LogP contribution is 2.33. The van der Waals surface area contributed by atoms with Gasteiger partial charge in [0.15, 0.2) is 0 Å². The van der Waals surface area contributed by atoms with E-state index in [0.717, 1.165) is 18.1 Å². The molecule has 1 heterocycles. The van der Waals surface area contributed by atoms with Crippen molar-refractivity contribution < 1.29 is 9.13 Å². The van der Waals surface area contributed by atoms with Crippen molar-refractivity contribution in [3.8, 4) is 0 Å². The molecule has 1 aliphatic rings. The summed E-state index contributed by atoms with van der Waals surface area (Å²) in [6, 6.07) is 3.19. The van der Waals surface area contributed by atoms with Crippen molar-refractivity contribution in [1.82, 2.24) is 0 Å². The predicted molar refractivity (Wildman–Crippen MR) is 56.0 cm³/mol. The molecule has 0 radical (unpaired) electrons. The van der Waals surface area contributed by atoms with Crippen molar-refractivity contribution >= 4 is 17.4 Å². The molecule has 0 saturated carbocycles. The summed E-state index contributed by atoms with van der Waals surface area (Å²) >= 11 is 1.66. The van der Waals surface area contributed by atoms with E-state index in [-0.39, 0.29) is 5.82 Å². The number of hydrogen-bond donors (Lipinski definition) is 1. The van der Waals surface area contributed by atoms with Crippen LogP contribution in [0.25, 0.3) is 0 Å². The minimum Gasteiger partial charge on any atom is -0.398 e. The van der Waals surface area contributed by atoms with Crippen LogP contribution in [0.3, 0.4) is 0 Å². The second-order valence-electron chi connectivity index (χ2n) is 3.42. The number of hydrogen-bond acceptors (Lipinski definition) is 3. The summed E-state index contributed by atoms with van der Waals surface area (Å²) in [7, 11) is 0. The maximum Gasteiger partial charge on any atom is 0.128 e. The molecule has 1 aromatic carbocycles. The molecule has 4 heteroatoms. The third-order valence-corrected chi connectivity index (χ3v) is 3.41. The molecule has 2 rings (SSSR count). The third kappa shape index (κ3) is 1.86. The smallest absolute Gasteiger partial charge is 0.128 e. The number of aryl methyl sites for hydroxylation is 1. The van der Waals surface area contributed by atoms with Gasteiger partial charge >= 0.3 is 0 Å². The fourth-order valence-corrected chi connectivity index (χ4v) is 2.36. The van der Waals surface area contributed by atoms with Crippen molar-refractivity contribution in [3.05, 3.63) is 23.5 Å². The number of halogens is 1. The molecule has 76 valence electrons. The largest absolute Gasteiger partial charge is 0.398 e. The zero-order valence-corrected chi connectivity index (χ0v) is 8.73. The Labute approximate surface area is 86.6 Å². The van der Waals surface area contributed by atoms with Gasteiger partial charge in [0.2, 0.25) is 0 Å². The van der Waals surface area contributed by atoms with Crippen LogP contribution in [0.4, 0.5) is 10.1 Å². The Morgan fingerprint density at radius 2 is 2.21 bits per heavy atom. The molecular formula is C10H12FNOS. The van der Waals surface area contributed by atoms with Crippen LogP contribution >= 0.6 is 11.8 Å². The fourth-order valence-electron chi connectivity index (χ4n) is 1.23. The molecule has 1 aliphatic heterocycles. The Bertz CT molecular complexity index is 352. The van der Waals surface area contributed by atoms with Crippen LogP contribution in [0, 0.1) is 12.7 Å². The minimum atomic E-state index is -0.239. The normalized spacial score (nSPS) is 16.7. The molecule has 0 atom stereocenters. The highest BCUT2D eigenvalue weighted by Gasteiger charge is 2.20. The first-order valence-electron chi connectivity index (χ1n) is 4.47. The maximum atomic E-state index is 13.1. The average molecular weight is 213 g/mol. The summed E-state index contributed by atoms with van der Waals surface area (Å²) < 4.78 is 18.1. The summed E-state index contributed by atoms with van der Waals surface area (Å²) in [5.41, 5.74) is 6.87. The van der Waals surface area contributed by atoms with Gasteiger partial charge in [0.05, 0.1) is 18.5 Å². The van der Waals surface area contributed by atoms with Crippen LogP contribution in [-0.4, -0.2) is 18.5 Å². The van der Waals surface area contributed by atoms with E-state index in [1.54, 1.807) is 24.8 Å². The van der Waals surface area contributed by atoms with Crippen LogP contribution in [0.15, 0.2) is 17.0 Å². The highest BCUT2D eigenvalue weighted by atomic mass is 32.2. The maximum absolute atomic E-state index is 13.1. The highest BCUT2D eigenvalue weighted by molar-refractivity contribution is 8.00. The second-order valence-corrected chi connectivity index (χ2v) is 4.76. The lowest BCUT2D eigenvalue weighted by Gasteiger charge is -2.25. The van der Waals surface area contributed by atoms with E-state index < -0.39 is 0 Å². The quantitative estimate of drug-likeness (QED) is 0.765. The van der Waals surface area contributed by atoms with Gasteiger partial charge in [-0.2, -0.15) is 0 Å². The lowest BCUT2D eigenvalue weighted by molar-refractivity contribution is 0.0455. The van der Waals surface area contributed by atoms with Gasteiger partial charge in [-0.1, -0.05) is 0 Å². The van der Waals surface area contributed by atoms with Gasteiger partial charge in [-0.25, -0.2) is 4.39 Å². The van der Waals surface area contributed by atoms with Crippen LogP contribution in [0.1, 0.15) is 5.56 Å². The molecule has 1 fully saturated rings. The standard InChI is InChI=1S/C10H12FNOS/c1-6-2-10(9(12)3-8(6)11)14-7-4-13-5-7/h2-3,7H,4-5,12H2,1H3. The Kier molecular flexibility index (Phi) is 2.65. The summed E-state index contributed by atoms with van der Waals surface area (Å²) in [5, 5.41) is 0.474. The van der Waals surface area contributed by atoms with E-state index in [1.165, 1.54) is 6.07 Å². The summed E-state index contributed by atoms with van der Waals surface area (Å²) in [6.45, 7) is 3.27. The lowest BCUT2D eigenvalue weighted by atomic mass is 10.2. The van der Waals surface area contributed by atoms with Crippen molar-refractivity contribution in [2.75, 3.05) is 18.9 Å². The molecule has 14 heavy (non-hydrogen) atoms. The number of anilines is 1. The van der Waals surface area contributed by atoms with E-state index in [1.807, 2.05) is 0 Å². The topological polar surface area (TPSA) is 35.2 Å². The molecule has 0 spiro atoms. The van der Waals surface area contributed by atoms with Crippen LogP contribution < -0.4 is 5.73 Å². The molecule has 0 unspecified atom stereocenters. The SMILES string of the molecule is Cc1cc(SC2COC2)c(N)cc1F. The molecule has 2 N–H and O–H groups in total. The summed E-state index contributed by atoms with van der Waals surface area (Å²) in [6.07, 6.45) is 0. The van der Waals surface area contributed by atoms with Crippen LogP contribution in [0.2, 0.25) is 0 Å². The molecule has 0 amide bonds. The average Bonchev–Trinajstić information content (AvgIpc) is 2.06. The first-order chi connectivity index (χ1) is 6.66. The van der Waals surface area contributed by atoms with Gasteiger partial charge in [-0.15, -0.1) is 11.8 Å². The second kappa shape index (κ2) is 3.79. The van der Waals surface area contributed by atoms with E-state index >= 15 is 0 Å². The number of thioether (sulfide) groups is 1. The molecule has 2 nitrogen and oxygen atoms in total. The lowest BCUT2D eigenvalue weighted by Crippen LogP contribution is -2.30. The number of nitrogen functional groups attached to an aromatic ring is 1. The molecular weight excluding hydrogens is 201 g/mol. The zero-order valence-electron chi connectivity index (χ0n) is 7.92. The number of nitrogens with two attached hydrogens (primary N) is 1. The van der Waals surface area contributed by atoms with E-state index in [4.69, 9.17) is 10.5 Å². The Balaban J connectivity index is 2.19. The van der Waals surface area contributed by atoms with Crippen molar-refractivity contribution in [2.24, 2.45) is 0 Å². The summed E-state index contributed by atoms with van der Waals surface area (Å²) in [5.74, 6) is -0.239. The fraction of sp³-hybridized carbons (Fsp3) is 0.400. The van der Waals surface area contributed by atoms with Crippen LogP contribution in [0.5, 0.6) is 0 Å². The van der Waals surface area contributed by atoms with Gasteiger partial charge in [0.1, 0.15) is 5.82 Å². The van der Waals surface area contributed by atoms with Crippen molar-refractivity contribution in [3.63, 3.8) is 0 Å². The van der Waals surface area contributed by atoms with Gasteiger partial charge in [0, 0.05) is 10.6 Å². The number of rotatable bonds is 2.